The summed E-state index contributed by atoms with van der Waals surface area (Å²) in [6.45, 7) is 5.27. The molecule has 0 saturated carbocycles. The second kappa shape index (κ2) is 6.87. The third-order valence-electron chi connectivity index (χ3n) is 4.48. The summed E-state index contributed by atoms with van der Waals surface area (Å²) in [5.41, 5.74) is 0.419. The van der Waals surface area contributed by atoms with Crippen molar-refractivity contribution in [2.75, 3.05) is 12.0 Å². The quantitative estimate of drug-likeness (QED) is 0.894. The van der Waals surface area contributed by atoms with Crippen LogP contribution in [0.2, 0.25) is 0 Å². The molecule has 2 heterocycles. The van der Waals surface area contributed by atoms with E-state index in [2.05, 4.69) is 4.98 Å². The van der Waals surface area contributed by atoms with Gasteiger partial charge in [0.1, 0.15) is 5.75 Å². The molecule has 27 heavy (non-hydrogen) atoms. The number of hydrogen-bond donors (Lipinski definition) is 1. The van der Waals surface area contributed by atoms with Crippen LogP contribution in [0.3, 0.4) is 0 Å². The molecule has 0 spiro atoms. The van der Waals surface area contributed by atoms with Crippen molar-refractivity contribution in [2.45, 2.75) is 26.8 Å². The Labute approximate surface area is 158 Å². The Balaban J connectivity index is 2.23. The fourth-order valence-corrected chi connectivity index (χ4v) is 3.17. The number of carbonyl (C=O) groups excluding carboxylic acids is 2. The number of carbonyl (C=O) groups is 2. The molecule has 0 radical (unpaired) electrons. The van der Waals surface area contributed by atoms with Crippen molar-refractivity contribution in [2.24, 2.45) is 5.41 Å². The lowest BCUT2D eigenvalue weighted by Gasteiger charge is -2.29. The number of rotatable bonds is 4. The SMILES string of the molecule is COc1ccccc1N1C(=O)C(O)=C(C(=O)C(C)(C)C)C1c1cccnc1. The van der Waals surface area contributed by atoms with Gasteiger partial charge in [-0.15, -0.1) is 0 Å². The molecule has 0 saturated heterocycles. The number of para-hydroxylation sites is 2. The van der Waals surface area contributed by atoms with E-state index in [0.29, 0.717) is 17.0 Å². The molecule has 1 N–H and O–H groups in total. The molecule has 1 aliphatic rings. The molecule has 0 fully saturated rings. The van der Waals surface area contributed by atoms with E-state index in [4.69, 9.17) is 4.74 Å². The average Bonchev–Trinajstić information content (AvgIpc) is 2.92. The van der Waals surface area contributed by atoms with Gasteiger partial charge in [0.2, 0.25) is 0 Å². The van der Waals surface area contributed by atoms with Crippen molar-refractivity contribution in [3.63, 3.8) is 0 Å². The van der Waals surface area contributed by atoms with Crippen LogP contribution < -0.4 is 9.64 Å². The minimum atomic E-state index is -0.783. The maximum absolute atomic E-state index is 13.1. The number of amides is 1. The van der Waals surface area contributed by atoms with Crippen LogP contribution in [0, 0.1) is 5.41 Å². The lowest BCUT2D eigenvalue weighted by Crippen LogP contribution is -2.33. The zero-order valence-corrected chi connectivity index (χ0v) is 15.8. The summed E-state index contributed by atoms with van der Waals surface area (Å²) in [5, 5.41) is 10.6. The summed E-state index contributed by atoms with van der Waals surface area (Å²) in [6, 6.07) is 9.73. The maximum atomic E-state index is 13.1. The monoisotopic (exact) mass is 366 g/mol. The Kier molecular flexibility index (Phi) is 4.74. The molecule has 1 amide bonds. The Hall–Kier alpha value is -3.15. The predicted octanol–water partition coefficient (Wildman–Crippen LogP) is 3.61. The van der Waals surface area contributed by atoms with Gasteiger partial charge in [0.15, 0.2) is 11.5 Å². The molecule has 3 rings (SSSR count). The number of nitrogens with zero attached hydrogens (tertiary/aromatic N) is 2. The van der Waals surface area contributed by atoms with Gasteiger partial charge in [0.05, 0.1) is 24.4 Å². The number of ketones is 1. The number of benzene rings is 1. The Morgan fingerprint density at radius 2 is 1.89 bits per heavy atom. The highest BCUT2D eigenvalue weighted by Gasteiger charge is 2.47. The van der Waals surface area contributed by atoms with Gasteiger partial charge in [0.25, 0.3) is 5.91 Å². The first-order valence-corrected chi connectivity index (χ1v) is 8.61. The van der Waals surface area contributed by atoms with Gasteiger partial charge in [-0.25, -0.2) is 0 Å². The molecular weight excluding hydrogens is 344 g/mol. The number of Topliss-reactive ketones (excluding diaryl/α,β-unsaturated/α-hetero) is 1. The van der Waals surface area contributed by atoms with E-state index in [-0.39, 0.29) is 11.4 Å². The third kappa shape index (κ3) is 3.18. The normalized spacial score (nSPS) is 17.4. The zero-order valence-electron chi connectivity index (χ0n) is 15.8. The highest BCUT2D eigenvalue weighted by molar-refractivity contribution is 6.17. The number of aliphatic hydroxyl groups is 1. The van der Waals surface area contributed by atoms with E-state index in [0.717, 1.165) is 0 Å². The fraction of sp³-hybridized carbons (Fsp3) is 0.286. The van der Waals surface area contributed by atoms with Crippen LogP contribution in [0.1, 0.15) is 32.4 Å². The second-order valence-corrected chi connectivity index (χ2v) is 7.38. The molecule has 0 aliphatic carbocycles. The van der Waals surface area contributed by atoms with Gasteiger partial charge in [-0.05, 0) is 23.8 Å². The summed E-state index contributed by atoms with van der Waals surface area (Å²) in [5.74, 6) is -0.993. The van der Waals surface area contributed by atoms with Gasteiger partial charge in [-0.3, -0.25) is 19.5 Å². The number of pyridine rings is 1. The number of methoxy groups -OCH3 is 1. The molecule has 140 valence electrons. The number of ether oxygens (including phenoxy) is 1. The van der Waals surface area contributed by atoms with Crippen molar-refractivity contribution < 1.29 is 19.4 Å². The predicted molar refractivity (Wildman–Crippen MR) is 102 cm³/mol. The zero-order chi connectivity index (χ0) is 19.8. The van der Waals surface area contributed by atoms with E-state index in [1.165, 1.54) is 12.0 Å². The molecule has 1 atom stereocenters. The van der Waals surface area contributed by atoms with Crippen molar-refractivity contribution in [1.82, 2.24) is 4.98 Å². The van der Waals surface area contributed by atoms with Crippen LogP contribution in [-0.2, 0) is 9.59 Å². The number of hydrogen-bond acceptors (Lipinski definition) is 5. The first kappa shape index (κ1) is 18.6. The first-order valence-electron chi connectivity index (χ1n) is 8.61. The van der Waals surface area contributed by atoms with E-state index in [1.807, 2.05) is 0 Å². The highest BCUT2D eigenvalue weighted by atomic mass is 16.5. The smallest absolute Gasteiger partial charge is 0.294 e. The number of anilines is 1. The summed E-state index contributed by atoms with van der Waals surface area (Å²) >= 11 is 0. The molecule has 2 aromatic rings. The molecule has 0 bridgehead atoms. The van der Waals surface area contributed by atoms with Gasteiger partial charge in [-0.1, -0.05) is 39.0 Å². The third-order valence-corrected chi connectivity index (χ3v) is 4.48. The molecule has 6 nitrogen and oxygen atoms in total. The van der Waals surface area contributed by atoms with Crippen molar-refractivity contribution >= 4 is 17.4 Å². The average molecular weight is 366 g/mol. The Morgan fingerprint density at radius 3 is 2.48 bits per heavy atom. The van der Waals surface area contributed by atoms with E-state index in [1.54, 1.807) is 69.6 Å². The van der Waals surface area contributed by atoms with Crippen LogP contribution >= 0.6 is 0 Å². The second-order valence-electron chi connectivity index (χ2n) is 7.38. The van der Waals surface area contributed by atoms with Gasteiger partial charge >= 0.3 is 0 Å². The summed E-state index contributed by atoms with van der Waals surface area (Å²) in [4.78, 5) is 31.6. The Morgan fingerprint density at radius 1 is 1.19 bits per heavy atom. The van der Waals surface area contributed by atoms with Crippen LogP contribution in [-0.4, -0.2) is 28.9 Å². The molecule has 1 unspecified atom stereocenters. The van der Waals surface area contributed by atoms with Crippen LogP contribution in [0.15, 0.2) is 60.1 Å². The summed E-state index contributed by atoms with van der Waals surface area (Å²) in [6.07, 6.45) is 3.21. The topological polar surface area (TPSA) is 79.7 Å². The number of aromatic nitrogens is 1. The van der Waals surface area contributed by atoms with Crippen LogP contribution in [0.25, 0.3) is 0 Å². The molecule has 1 aromatic heterocycles. The van der Waals surface area contributed by atoms with E-state index < -0.39 is 23.1 Å². The van der Waals surface area contributed by atoms with Crippen LogP contribution in [0.4, 0.5) is 5.69 Å². The van der Waals surface area contributed by atoms with E-state index in [9.17, 15) is 14.7 Å². The minimum absolute atomic E-state index is 0.0754. The van der Waals surface area contributed by atoms with Gasteiger partial charge in [-0.2, -0.15) is 0 Å². The minimum Gasteiger partial charge on any atom is -0.503 e. The summed E-state index contributed by atoms with van der Waals surface area (Å²) < 4.78 is 5.39. The van der Waals surface area contributed by atoms with Gasteiger partial charge in [0, 0.05) is 17.8 Å². The fourth-order valence-electron chi connectivity index (χ4n) is 3.17. The van der Waals surface area contributed by atoms with Crippen molar-refractivity contribution in [3.05, 3.63) is 65.7 Å². The van der Waals surface area contributed by atoms with Crippen LogP contribution in [0.5, 0.6) is 5.75 Å². The standard InChI is InChI=1S/C21H22N2O4/c1-21(2,3)19(25)16-17(13-8-7-11-22-12-13)23(20(26)18(16)24)14-9-5-6-10-15(14)27-4/h5-12,17,24H,1-4H3. The lowest BCUT2D eigenvalue weighted by molar-refractivity contribution is -0.123. The molecule has 6 heteroatoms. The molecule has 1 aromatic carbocycles. The largest absolute Gasteiger partial charge is 0.503 e. The van der Waals surface area contributed by atoms with Gasteiger partial charge < -0.3 is 9.84 Å². The summed E-state index contributed by atoms with van der Waals surface area (Å²) in [7, 11) is 1.51. The maximum Gasteiger partial charge on any atom is 0.294 e. The molecule has 1 aliphatic heterocycles. The first-order chi connectivity index (χ1) is 12.8. The van der Waals surface area contributed by atoms with Crippen molar-refractivity contribution in [1.29, 1.82) is 0 Å². The number of aliphatic hydroxyl groups excluding tert-OH is 1. The Bertz CT molecular complexity index is 913. The van der Waals surface area contributed by atoms with Crippen molar-refractivity contribution in [3.8, 4) is 5.75 Å². The van der Waals surface area contributed by atoms with E-state index >= 15 is 0 Å². The molecular formula is C21H22N2O4. The lowest BCUT2D eigenvalue weighted by atomic mass is 9.82. The highest BCUT2D eigenvalue weighted by Crippen LogP contribution is 2.45.